The molecule has 2 aliphatic heterocycles. The number of amides is 2. The number of hydrogen-bond donors (Lipinski definition) is 2. The topological polar surface area (TPSA) is 163 Å². The Bertz CT molecular complexity index is 1320. The molecular weight excluding hydrogens is 801 g/mol. The fourth-order valence-electron chi connectivity index (χ4n) is 8.13. The first-order chi connectivity index (χ1) is 30.3. The number of carbonyl (C=O) groups is 6. The van der Waals surface area contributed by atoms with E-state index in [0.717, 1.165) is 64.2 Å². The monoisotopic (exact) mass is 889 g/mol. The largest absolute Gasteiger partial charge is 0.461 e. The summed E-state index contributed by atoms with van der Waals surface area (Å²) in [7, 11) is 0. The van der Waals surface area contributed by atoms with Crippen LogP contribution in [0.1, 0.15) is 203 Å². The van der Waals surface area contributed by atoms with Crippen LogP contribution in [0.2, 0.25) is 0 Å². The Morgan fingerprint density at radius 3 is 1.38 bits per heavy atom. The molecule has 2 heterocycles. The number of rotatable bonds is 38. The Kier molecular flexibility index (Phi) is 32.4. The second-order valence-electron chi connectivity index (χ2n) is 18.5. The molecule has 0 spiro atoms. The number of hydrogen-bond acceptors (Lipinski definition) is 10. The molecule has 2 aliphatic rings. The SMILES string of the molecule is C=CCC[C@@H](C[C@@H]1OC(=O)[C@H]1CCCCCC)OC(=O)[C@H](CC(C)C)NC=O.CCCCCCCC=CCC[C@@H](C[C@@H]1OC(=O)[C@H]1CCCCCC)OC(=O)[C@H](CC(C)C)NC=O. The second kappa shape index (κ2) is 35.6. The molecule has 0 saturated carbocycles. The first kappa shape index (κ1) is 57.3. The molecule has 2 fully saturated rings. The van der Waals surface area contributed by atoms with Crippen molar-refractivity contribution in [1.29, 1.82) is 0 Å². The third-order valence-corrected chi connectivity index (χ3v) is 11.8. The van der Waals surface area contributed by atoms with E-state index in [1.54, 1.807) is 6.08 Å². The molecular formula is C51H88N2O10. The minimum atomic E-state index is -0.655. The lowest BCUT2D eigenvalue weighted by molar-refractivity contribution is -0.191. The van der Waals surface area contributed by atoms with Crippen molar-refractivity contribution in [2.24, 2.45) is 23.7 Å². The van der Waals surface area contributed by atoms with Gasteiger partial charge in [-0.05, 0) is 76.0 Å². The van der Waals surface area contributed by atoms with Crippen LogP contribution in [0.4, 0.5) is 0 Å². The van der Waals surface area contributed by atoms with Crippen molar-refractivity contribution in [2.45, 2.75) is 239 Å². The summed E-state index contributed by atoms with van der Waals surface area (Å²) in [6.45, 7) is 18.3. The maximum absolute atomic E-state index is 12.8. The summed E-state index contributed by atoms with van der Waals surface area (Å²) in [4.78, 5) is 71.1. The highest BCUT2D eigenvalue weighted by atomic mass is 16.6. The lowest BCUT2D eigenvalue weighted by atomic mass is 9.86. The van der Waals surface area contributed by atoms with E-state index in [2.05, 4.69) is 50.1 Å². The summed E-state index contributed by atoms with van der Waals surface area (Å²) >= 11 is 0. The molecule has 0 aliphatic carbocycles. The van der Waals surface area contributed by atoms with Crippen molar-refractivity contribution >= 4 is 36.7 Å². The number of allylic oxidation sites excluding steroid dienone is 3. The molecule has 2 amide bonds. The summed E-state index contributed by atoms with van der Waals surface area (Å²) in [5, 5.41) is 5.16. The van der Waals surface area contributed by atoms with E-state index in [-0.39, 0.29) is 60.0 Å². The van der Waals surface area contributed by atoms with Gasteiger partial charge in [-0.3, -0.25) is 19.2 Å². The first-order valence-electron chi connectivity index (χ1n) is 24.8. The summed E-state index contributed by atoms with van der Waals surface area (Å²) in [5.41, 5.74) is 0. The van der Waals surface area contributed by atoms with E-state index in [9.17, 15) is 28.8 Å². The van der Waals surface area contributed by atoms with Gasteiger partial charge in [0.1, 0.15) is 36.5 Å². The van der Waals surface area contributed by atoms with E-state index < -0.39 is 24.0 Å². The molecule has 0 aromatic carbocycles. The number of nitrogens with one attached hydrogen (secondary N) is 2. The van der Waals surface area contributed by atoms with E-state index in [1.807, 2.05) is 27.7 Å². The number of ether oxygens (including phenoxy) is 4. The van der Waals surface area contributed by atoms with Gasteiger partial charge in [-0.1, -0.05) is 144 Å². The summed E-state index contributed by atoms with van der Waals surface area (Å²) in [5.74, 6) is -0.792. The van der Waals surface area contributed by atoms with Crippen LogP contribution in [0.3, 0.4) is 0 Å². The molecule has 362 valence electrons. The Morgan fingerprint density at radius 1 is 0.603 bits per heavy atom. The minimum absolute atomic E-state index is 0.0914. The van der Waals surface area contributed by atoms with Gasteiger partial charge in [0, 0.05) is 12.8 Å². The molecule has 12 nitrogen and oxygen atoms in total. The Morgan fingerprint density at radius 2 is 1.00 bits per heavy atom. The lowest BCUT2D eigenvalue weighted by Crippen LogP contribution is -2.48. The van der Waals surface area contributed by atoms with E-state index in [4.69, 9.17) is 18.9 Å². The smallest absolute Gasteiger partial charge is 0.328 e. The van der Waals surface area contributed by atoms with E-state index in [0.29, 0.717) is 57.8 Å². The molecule has 0 aromatic heterocycles. The normalized spacial score (nSPS) is 19.9. The molecule has 0 bridgehead atoms. The maximum atomic E-state index is 12.8. The van der Waals surface area contributed by atoms with Gasteiger partial charge < -0.3 is 29.6 Å². The number of unbranched alkanes of at least 4 members (excludes halogenated alkanes) is 11. The molecule has 2 saturated heterocycles. The predicted octanol–water partition coefficient (Wildman–Crippen LogP) is 10.6. The van der Waals surface area contributed by atoms with Crippen molar-refractivity contribution in [3.8, 4) is 0 Å². The van der Waals surface area contributed by atoms with Crippen LogP contribution in [0.5, 0.6) is 0 Å². The summed E-state index contributed by atoms with van der Waals surface area (Å²) in [6.07, 6.45) is 29.1. The van der Waals surface area contributed by atoms with Gasteiger partial charge in [0.05, 0.1) is 11.8 Å². The zero-order valence-electron chi connectivity index (χ0n) is 40.4. The third kappa shape index (κ3) is 25.4. The second-order valence-corrected chi connectivity index (χ2v) is 18.5. The van der Waals surface area contributed by atoms with Crippen molar-refractivity contribution in [2.75, 3.05) is 0 Å². The zero-order valence-corrected chi connectivity index (χ0v) is 40.4. The molecule has 8 atom stereocenters. The summed E-state index contributed by atoms with van der Waals surface area (Å²) < 4.78 is 22.4. The van der Waals surface area contributed by atoms with Crippen molar-refractivity contribution in [3.05, 3.63) is 24.8 Å². The van der Waals surface area contributed by atoms with Crippen LogP contribution in [0, 0.1) is 23.7 Å². The van der Waals surface area contributed by atoms with Gasteiger partial charge in [-0.25, -0.2) is 9.59 Å². The van der Waals surface area contributed by atoms with Crippen LogP contribution < -0.4 is 10.6 Å². The summed E-state index contributed by atoms with van der Waals surface area (Å²) in [6, 6.07) is -1.31. The van der Waals surface area contributed by atoms with Crippen molar-refractivity contribution < 1.29 is 47.7 Å². The van der Waals surface area contributed by atoms with Crippen molar-refractivity contribution in [1.82, 2.24) is 10.6 Å². The van der Waals surface area contributed by atoms with E-state index >= 15 is 0 Å². The molecule has 2 rings (SSSR count). The van der Waals surface area contributed by atoms with Gasteiger partial charge in [0.25, 0.3) is 0 Å². The number of cyclic esters (lactones) is 2. The molecule has 0 unspecified atom stereocenters. The van der Waals surface area contributed by atoms with Gasteiger partial charge >= 0.3 is 23.9 Å². The third-order valence-electron chi connectivity index (χ3n) is 11.8. The predicted molar refractivity (Wildman–Crippen MR) is 249 cm³/mol. The Hall–Kier alpha value is -3.70. The Labute approximate surface area is 381 Å². The quantitative estimate of drug-likeness (QED) is 0.0200. The van der Waals surface area contributed by atoms with Crippen LogP contribution >= 0.6 is 0 Å². The fraction of sp³-hybridized carbons (Fsp3) is 0.804. The average Bonchev–Trinajstić information content (AvgIpc) is 3.23. The van der Waals surface area contributed by atoms with Crippen molar-refractivity contribution in [3.63, 3.8) is 0 Å². The molecule has 0 aromatic rings. The highest BCUT2D eigenvalue weighted by Crippen LogP contribution is 2.34. The number of esters is 4. The average molecular weight is 889 g/mol. The maximum Gasteiger partial charge on any atom is 0.328 e. The van der Waals surface area contributed by atoms with Crippen LogP contribution in [-0.4, -0.2) is 73.2 Å². The Balaban J connectivity index is 0.000000646. The van der Waals surface area contributed by atoms with E-state index in [1.165, 1.54) is 44.9 Å². The highest BCUT2D eigenvalue weighted by Gasteiger charge is 2.44. The van der Waals surface area contributed by atoms with Crippen LogP contribution in [0.25, 0.3) is 0 Å². The number of carbonyl (C=O) groups excluding carboxylic acids is 6. The minimum Gasteiger partial charge on any atom is -0.461 e. The van der Waals surface area contributed by atoms with Crippen LogP contribution in [-0.2, 0) is 47.7 Å². The lowest BCUT2D eigenvalue weighted by Gasteiger charge is -2.37. The molecule has 2 N–H and O–H groups in total. The van der Waals surface area contributed by atoms with Crippen LogP contribution in [0.15, 0.2) is 24.8 Å². The molecule has 12 heteroatoms. The van der Waals surface area contributed by atoms with Gasteiger partial charge in [-0.2, -0.15) is 0 Å². The van der Waals surface area contributed by atoms with Gasteiger partial charge in [0.2, 0.25) is 12.8 Å². The van der Waals surface area contributed by atoms with Gasteiger partial charge in [-0.15, -0.1) is 6.58 Å². The molecule has 0 radical (unpaired) electrons. The zero-order chi connectivity index (χ0) is 46.8. The fourth-order valence-corrected chi connectivity index (χ4v) is 8.13. The standard InChI is InChI=1S/C29H51NO5.C22H37NO5/c1-5-7-9-11-12-13-14-15-16-18-24(34-29(33)26(30-22-31)20-23(3)4)21-27-25(28(32)35-27)19-17-10-8-6-2;1-5-7-9-10-12-18-20(28-21(18)25)14-17(11-8-6-2)27-22(26)19(23-15-24)13-16(3)4/h14-15,22-27H,5-13,16-21H2,1-4H3,(H,30,31);6,15-20H,2,5,7-14H2,1,3-4H3,(H,23,24)/t24-,25-,26-,27-;17-,18-,19-,20-/m00/s1. The van der Waals surface area contributed by atoms with Gasteiger partial charge in [0.15, 0.2) is 0 Å². The molecule has 63 heavy (non-hydrogen) atoms. The first-order valence-corrected chi connectivity index (χ1v) is 24.8. The highest BCUT2D eigenvalue weighted by molar-refractivity contribution is 5.80.